The number of nitrogens with one attached hydrogen (secondary N) is 1. The summed E-state index contributed by atoms with van der Waals surface area (Å²) in [6.45, 7) is 2.00. The van der Waals surface area contributed by atoms with Gasteiger partial charge in [-0.15, -0.1) is 0 Å². The summed E-state index contributed by atoms with van der Waals surface area (Å²) < 4.78 is 0. The summed E-state index contributed by atoms with van der Waals surface area (Å²) in [6, 6.07) is 2.13. The molecule has 0 saturated carbocycles. The molecule has 0 fully saturated rings. The van der Waals surface area contributed by atoms with Gasteiger partial charge in [-0.1, -0.05) is 11.6 Å². The Morgan fingerprint density at radius 1 is 1.75 bits per heavy atom. The zero-order valence-corrected chi connectivity index (χ0v) is 7.67. The molecule has 3 nitrogen and oxygen atoms in total. The fourth-order valence-electron chi connectivity index (χ4n) is 0.958. The minimum atomic E-state index is 0.227. The quantitative estimate of drug-likeness (QED) is 0.549. The van der Waals surface area contributed by atoms with Crippen molar-refractivity contribution in [1.82, 2.24) is 10.4 Å². The van der Waals surface area contributed by atoms with Crippen LogP contribution in [-0.4, -0.2) is 11.0 Å². The highest BCUT2D eigenvalue weighted by atomic mass is 35.5. The molecule has 0 aliphatic heterocycles. The highest BCUT2D eigenvalue weighted by molar-refractivity contribution is 6.31. The standard InChI is InChI=1S/C8H12ClN3/c1-6(12-10)4-7-2-3-11-5-8(7)9/h2-3,5-6,12H,4,10H2,1H3. The summed E-state index contributed by atoms with van der Waals surface area (Å²) >= 11 is 5.89. The van der Waals surface area contributed by atoms with E-state index in [9.17, 15) is 0 Å². The van der Waals surface area contributed by atoms with Crippen LogP contribution in [0.1, 0.15) is 12.5 Å². The number of hydrazine groups is 1. The second kappa shape index (κ2) is 4.40. The minimum absolute atomic E-state index is 0.227. The Balaban J connectivity index is 2.69. The molecule has 0 aliphatic carbocycles. The summed E-state index contributed by atoms with van der Waals surface area (Å²) in [5.41, 5.74) is 3.73. The molecule has 12 heavy (non-hydrogen) atoms. The molecule has 0 radical (unpaired) electrons. The molecule has 1 aromatic rings. The molecule has 0 amide bonds. The third-order valence-electron chi connectivity index (χ3n) is 1.67. The van der Waals surface area contributed by atoms with Gasteiger partial charge in [-0.2, -0.15) is 0 Å². The Bertz CT molecular complexity index is 252. The average Bonchev–Trinajstić information content (AvgIpc) is 2.09. The molecule has 3 N–H and O–H groups in total. The summed E-state index contributed by atoms with van der Waals surface area (Å²) in [4.78, 5) is 3.89. The number of nitrogens with zero attached hydrogens (tertiary/aromatic N) is 1. The van der Waals surface area contributed by atoms with Crippen LogP contribution >= 0.6 is 11.6 Å². The van der Waals surface area contributed by atoms with E-state index in [2.05, 4.69) is 10.4 Å². The van der Waals surface area contributed by atoms with Crippen LogP contribution in [0.25, 0.3) is 0 Å². The van der Waals surface area contributed by atoms with Crippen molar-refractivity contribution in [2.24, 2.45) is 5.84 Å². The van der Waals surface area contributed by atoms with Gasteiger partial charge in [0.1, 0.15) is 0 Å². The van der Waals surface area contributed by atoms with E-state index in [1.165, 1.54) is 0 Å². The SMILES string of the molecule is CC(Cc1ccncc1Cl)NN. The zero-order valence-electron chi connectivity index (χ0n) is 6.92. The van der Waals surface area contributed by atoms with Gasteiger partial charge in [0.25, 0.3) is 0 Å². The maximum atomic E-state index is 5.89. The predicted molar refractivity (Wildman–Crippen MR) is 49.7 cm³/mol. The Morgan fingerprint density at radius 3 is 3.08 bits per heavy atom. The molecule has 1 atom stereocenters. The van der Waals surface area contributed by atoms with Gasteiger partial charge in [0, 0.05) is 18.4 Å². The van der Waals surface area contributed by atoms with Crippen molar-refractivity contribution in [2.45, 2.75) is 19.4 Å². The first-order chi connectivity index (χ1) is 5.74. The summed E-state index contributed by atoms with van der Waals surface area (Å²) in [5.74, 6) is 5.26. The van der Waals surface area contributed by atoms with Gasteiger partial charge in [0.2, 0.25) is 0 Å². The lowest BCUT2D eigenvalue weighted by molar-refractivity contribution is 0.567. The smallest absolute Gasteiger partial charge is 0.0621 e. The molecule has 0 aromatic carbocycles. The molecule has 0 saturated heterocycles. The number of rotatable bonds is 3. The second-order valence-corrected chi connectivity index (χ2v) is 3.15. The molecule has 1 aromatic heterocycles. The van der Waals surface area contributed by atoms with E-state index in [1.54, 1.807) is 12.4 Å². The van der Waals surface area contributed by atoms with E-state index in [-0.39, 0.29) is 6.04 Å². The molecule has 4 heteroatoms. The molecule has 1 rings (SSSR count). The first kappa shape index (κ1) is 9.45. The number of pyridine rings is 1. The van der Waals surface area contributed by atoms with Crippen LogP contribution in [0.4, 0.5) is 0 Å². The van der Waals surface area contributed by atoms with Crippen molar-refractivity contribution >= 4 is 11.6 Å². The molecule has 0 spiro atoms. The Morgan fingerprint density at radius 2 is 2.50 bits per heavy atom. The number of hydrogen-bond donors (Lipinski definition) is 2. The van der Waals surface area contributed by atoms with Crippen molar-refractivity contribution in [3.63, 3.8) is 0 Å². The maximum Gasteiger partial charge on any atom is 0.0621 e. The van der Waals surface area contributed by atoms with E-state index in [0.29, 0.717) is 5.02 Å². The van der Waals surface area contributed by atoms with Crippen molar-refractivity contribution in [1.29, 1.82) is 0 Å². The lowest BCUT2D eigenvalue weighted by atomic mass is 10.1. The van der Waals surface area contributed by atoms with Crippen LogP contribution in [0.5, 0.6) is 0 Å². The van der Waals surface area contributed by atoms with E-state index in [4.69, 9.17) is 17.4 Å². The first-order valence-electron chi connectivity index (χ1n) is 3.78. The number of halogens is 1. The van der Waals surface area contributed by atoms with Crippen LogP contribution in [0.2, 0.25) is 5.02 Å². The van der Waals surface area contributed by atoms with E-state index >= 15 is 0 Å². The molecule has 1 unspecified atom stereocenters. The van der Waals surface area contributed by atoms with Crippen LogP contribution in [0, 0.1) is 0 Å². The van der Waals surface area contributed by atoms with Crippen LogP contribution in [0.15, 0.2) is 18.5 Å². The molecular formula is C8H12ClN3. The number of hydrogen-bond acceptors (Lipinski definition) is 3. The molecule has 66 valence electrons. The summed E-state index contributed by atoms with van der Waals surface area (Å²) in [7, 11) is 0. The summed E-state index contributed by atoms with van der Waals surface area (Å²) in [5, 5.41) is 0.694. The van der Waals surface area contributed by atoms with Gasteiger partial charge < -0.3 is 0 Å². The van der Waals surface area contributed by atoms with E-state index in [1.807, 2.05) is 13.0 Å². The van der Waals surface area contributed by atoms with Crippen LogP contribution in [0.3, 0.4) is 0 Å². The van der Waals surface area contributed by atoms with Crippen molar-refractivity contribution in [3.8, 4) is 0 Å². The largest absolute Gasteiger partial charge is 0.271 e. The lowest BCUT2D eigenvalue weighted by Crippen LogP contribution is -2.34. The Labute approximate surface area is 76.9 Å². The van der Waals surface area contributed by atoms with Gasteiger partial charge in [-0.05, 0) is 25.0 Å². The molecular weight excluding hydrogens is 174 g/mol. The lowest BCUT2D eigenvalue weighted by Gasteiger charge is -2.09. The monoisotopic (exact) mass is 185 g/mol. The van der Waals surface area contributed by atoms with Crippen molar-refractivity contribution < 1.29 is 0 Å². The van der Waals surface area contributed by atoms with Crippen LogP contribution in [-0.2, 0) is 6.42 Å². The molecule has 0 bridgehead atoms. The third kappa shape index (κ3) is 2.44. The van der Waals surface area contributed by atoms with Crippen molar-refractivity contribution in [3.05, 3.63) is 29.0 Å². The highest BCUT2D eigenvalue weighted by Gasteiger charge is 2.03. The highest BCUT2D eigenvalue weighted by Crippen LogP contribution is 2.14. The van der Waals surface area contributed by atoms with Gasteiger partial charge in [0.05, 0.1) is 5.02 Å². The predicted octanol–water partition coefficient (Wildman–Crippen LogP) is 1.13. The summed E-state index contributed by atoms with van der Waals surface area (Å²) in [6.07, 6.45) is 4.18. The van der Waals surface area contributed by atoms with Crippen LogP contribution < -0.4 is 11.3 Å². The zero-order chi connectivity index (χ0) is 8.97. The van der Waals surface area contributed by atoms with E-state index < -0.39 is 0 Å². The Hall–Kier alpha value is -0.640. The molecule has 0 aliphatic rings. The number of nitrogens with two attached hydrogens (primary N) is 1. The van der Waals surface area contributed by atoms with Gasteiger partial charge in [-0.25, -0.2) is 0 Å². The fraction of sp³-hybridized carbons (Fsp3) is 0.375. The Kier molecular flexibility index (Phi) is 3.47. The van der Waals surface area contributed by atoms with Gasteiger partial charge >= 0.3 is 0 Å². The van der Waals surface area contributed by atoms with Gasteiger partial charge in [0.15, 0.2) is 0 Å². The van der Waals surface area contributed by atoms with Gasteiger partial charge in [-0.3, -0.25) is 16.3 Å². The third-order valence-corrected chi connectivity index (χ3v) is 2.01. The normalized spacial score (nSPS) is 12.9. The van der Waals surface area contributed by atoms with E-state index in [0.717, 1.165) is 12.0 Å². The topological polar surface area (TPSA) is 50.9 Å². The first-order valence-corrected chi connectivity index (χ1v) is 4.16. The fourth-order valence-corrected chi connectivity index (χ4v) is 1.15. The second-order valence-electron chi connectivity index (χ2n) is 2.74. The van der Waals surface area contributed by atoms with Crippen molar-refractivity contribution in [2.75, 3.05) is 0 Å². The average molecular weight is 186 g/mol. The minimum Gasteiger partial charge on any atom is -0.271 e. The number of aromatic nitrogens is 1. The maximum absolute atomic E-state index is 5.89. The molecule has 1 heterocycles.